The number of benzene rings is 1. The van der Waals surface area contributed by atoms with E-state index < -0.39 is 0 Å². The lowest BCUT2D eigenvalue weighted by Crippen LogP contribution is -2.44. The van der Waals surface area contributed by atoms with Crippen molar-refractivity contribution in [1.29, 1.82) is 0 Å². The minimum absolute atomic E-state index is 0.00545. The summed E-state index contributed by atoms with van der Waals surface area (Å²) in [6.07, 6.45) is 1.88. The molecule has 2 heterocycles. The first kappa shape index (κ1) is 15.5. The number of thiophene rings is 1. The van der Waals surface area contributed by atoms with Crippen LogP contribution in [0.2, 0.25) is 5.02 Å². The van der Waals surface area contributed by atoms with Crippen LogP contribution in [0.5, 0.6) is 0 Å². The summed E-state index contributed by atoms with van der Waals surface area (Å²) in [7, 11) is 0. The number of carbonyl (C=O) groups is 1. The van der Waals surface area contributed by atoms with Crippen LogP contribution in [-0.2, 0) is 10.2 Å². The van der Waals surface area contributed by atoms with Gasteiger partial charge in [0.25, 0.3) is 5.91 Å². The van der Waals surface area contributed by atoms with Gasteiger partial charge in [0.2, 0.25) is 0 Å². The van der Waals surface area contributed by atoms with Crippen molar-refractivity contribution in [3.63, 3.8) is 0 Å². The molecule has 22 heavy (non-hydrogen) atoms. The molecule has 1 aliphatic heterocycles. The molecule has 0 saturated carbocycles. The van der Waals surface area contributed by atoms with Crippen molar-refractivity contribution in [2.45, 2.75) is 18.3 Å². The zero-order valence-electron chi connectivity index (χ0n) is 12.2. The van der Waals surface area contributed by atoms with E-state index in [9.17, 15) is 4.79 Å². The Bertz CT molecular complexity index is 619. The molecule has 0 spiro atoms. The van der Waals surface area contributed by atoms with Crippen LogP contribution in [0.15, 0.2) is 41.8 Å². The number of rotatable bonds is 4. The van der Waals surface area contributed by atoms with Crippen LogP contribution in [0.25, 0.3) is 0 Å². The highest BCUT2D eigenvalue weighted by Gasteiger charge is 2.35. The van der Waals surface area contributed by atoms with E-state index in [0.717, 1.165) is 26.1 Å². The molecule has 0 radical (unpaired) electrons. The average Bonchev–Trinajstić information content (AvgIpc) is 3.09. The lowest BCUT2D eigenvalue weighted by Gasteiger charge is -2.36. The van der Waals surface area contributed by atoms with Crippen molar-refractivity contribution in [2.75, 3.05) is 19.8 Å². The van der Waals surface area contributed by atoms with Gasteiger partial charge in [-0.25, -0.2) is 0 Å². The van der Waals surface area contributed by atoms with Crippen molar-refractivity contribution < 1.29 is 9.53 Å². The molecule has 1 saturated heterocycles. The minimum Gasteiger partial charge on any atom is -0.381 e. The van der Waals surface area contributed by atoms with Gasteiger partial charge in [0.05, 0.1) is 0 Å². The molecule has 0 bridgehead atoms. The molecule has 1 N–H and O–H groups in total. The minimum atomic E-state index is -0.0564. The van der Waals surface area contributed by atoms with Crippen molar-refractivity contribution in [3.05, 3.63) is 57.2 Å². The van der Waals surface area contributed by atoms with E-state index in [1.807, 2.05) is 0 Å². The number of hydrogen-bond acceptors (Lipinski definition) is 3. The molecule has 116 valence electrons. The molecule has 0 atom stereocenters. The summed E-state index contributed by atoms with van der Waals surface area (Å²) in [6.45, 7) is 2.13. The van der Waals surface area contributed by atoms with Crippen LogP contribution < -0.4 is 5.32 Å². The summed E-state index contributed by atoms with van der Waals surface area (Å²) in [5.74, 6) is -0.0564. The van der Waals surface area contributed by atoms with Crippen molar-refractivity contribution >= 4 is 28.8 Å². The van der Waals surface area contributed by atoms with E-state index in [-0.39, 0.29) is 11.3 Å². The maximum atomic E-state index is 12.3. The maximum Gasteiger partial charge on any atom is 0.251 e. The molecule has 3 rings (SSSR count). The van der Waals surface area contributed by atoms with Crippen LogP contribution in [0.1, 0.15) is 28.1 Å². The molecule has 1 amide bonds. The van der Waals surface area contributed by atoms with Gasteiger partial charge < -0.3 is 10.1 Å². The van der Waals surface area contributed by atoms with E-state index in [4.69, 9.17) is 16.3 Å². The van der Waals surface area contributed by atoms with Gasteiger partial charge in [-0.05, 0) is 48.6 Å². The fourth-order valence-electron chi connectivity index (χ4n) is 2.81. The quantitative estimate of drug-likeness (QED) is 0.920. The third-order valence-electron chi connectivity index (χ3n) is 4.19. The highest BCUT2D eigenvalue weighted by Crippen LogP contribution is 2.37. The Morgan fingerprint density at radius 1 is 1.23 bits per heavy atom. The largest absolute Gasteiger partial charge is 0.381 e. The number of carbonyl (C=O) groups excluding carboxylic acids is 1. The average molecular weight is 336 g/mol. The molecule has 3 nitrogen and oxygen atoms in total. The Kier molecular flexibility index (Phi) is 4.81. The van der Waals surface area contributed by atoms with Crippen molar-refractivity contribution in [3.8, 4) is 0 Å². The van der Waals surface area contributed by atoms with E-state index in [1.54, 1.807) is 35.6 Å². The van der Waals surface area contributed by atoms with Gasteiger partial charge >= 0.3 is 0 Å². The highest BCUT2D eigenvalue weighted by atomic mass is 35.5. The maximum absolute atomic E-state index is 12.3. The highest BCUT2D eigenvalue weighted by molar-refractivity contribution is 7.10. The second-order valence-electron chi connectivity index (χ2n) is 5.56. The van der Waals surface area contributed by atoms with Gasteiger partial charge in [0.1, 0.15) is 0 Å². The number of halogens is 1. The summed E-state index contributed by atoms with van der Waals surface area (Å²) < 4.78 is 5.50. The Balaban J connectivity index is 1.72. The summed E-state index contributed by atoms with van der Waals surface area (Å²) in [5, 5.41) is 5.81. The van der Waals surface area contributed by atoms with Crippen LogP contribution in [-0.4, -0.2) is 25.7 Å². The molecule has 1 aromatic heterocycles. The first-order valence-electron chi connectivity index (χ1n) is 7.35. The molecule has 1 aromatic carbocycles. The second-order valence-corrected chi connectivity index (χ2v) is 6.94. The zero-order chi connectivity index (χ0) is 15.4. The van der Waals surface area contributed by atoms with Crippen LogP contribution >= 0.6 is 22.9 Å². The summed E-state index contributed by atoms with van der Waals surface area (Å²) in [5.41, 5.74) is 0.631. The Hall–Kier alpha value is -1.36. The first-order valence-corrected chi connectivity index (χ1v) is 8.61. The molecular formula is C17H18ClNO2S. The fraction of sp³-hybridized carbons (Fsp3) is 0.353. The molecule has 5 heteroatoms. The third kappa shape index (κ3) is 3.35. The van der Waals surface area contributed by atoms with Gasteiger partial charge in [-0.1, -0.05) is 17.7 Å². The normalized spacial score (nSPS) is 17.1. The molecule has 0 aliphatic carbocycles. The Morgan fingerprint density at radius 2 is 1.95 bits per heavy atom. The lowest BCUT2D eigenvalue weighted by molar-refractivity contribution is 0.0499. The van der Waals surface area contributed by atoms with Crippen LogP contribution in [0.3, 0.4) is 0 Å². The van der Waals surface area contributed by atoms with Gasteiger partial charge in [-0.2, -0.15) is 0 Å². The topological polar surface area (TPSA) is 38.3 Å². The first-order chi connectivity index (χ1) is 10.7. The molecule has 1 fully saturated rings. The molecule has 1 aliphatic rings. The molecule has 0 unspecified atom stereocenters. The summed E-state index contributed by atoms with van der Waals surface area (Å²) in [4.78, 5) is 13.7. The third-order valence-corrected chi connectivity index (χ3v) is 5.56. The van der Waals surface area contributed by atoms with Gasteiger partial charge in [-0.3, -0.25) is 4.79 Å². The molecule has 2 aromatic rings. The smallest absolute Gasteiger partial charge is 0.251 e. The summed E-state index contributed by atoms with van der Waals surface area (Å²) in [6, 6.07) is 11.2. The van der Waals surface area contributed by atoms with E-state index >= 15 is 0 Å². The van der Waals surface area contributed by atoms with Gasteiger partial charge in [0.15, 0.2) is 0 Å². The number of amides is 1. The number of ether oxygens (including phenoxy) is 1. The Labute approximate surface area is 139 Å². The zero-order valence-corrected chi connectivity index (χ0v) is 13.8. The predicted molar refractivity (Wildman–Crippen MR) is 89.8 cm³/mol. The van der Waals surface area contributed by atoms with Crippen molar-refractivity contribution in [2.24, 2.45) is 0 Å². The van der Waals surface area contributed by atoms with Crippen LogP contribution in [0, 0.1) is 0 Å². The standard InChI is InChI=1S/C17H18ClNO2S/c18-14-5-3-13(4-6-14)16(20)19-12-17(7-9-21-10-8-17)15-2-1-11-22-15/h1-6,11H,7-10,12H2,(H,19,20). The van der Waals surface area contributed by atoms with Crippen LogP contribution in [0.4, 0.5) is 0 Å². The number of hydrogen-bond donors (Lipinski definition) is 1. The fourth-order valence-corrected chi connectivity index (χ4v) is 3.92. The van der Waals surface area contributed by atoms with Crippen molar-refractivity contribution in [1.82, 2.24) is 5.32 Å². The van der Waals surface area contributed by atoms with E-state index in [1.165, 1.54) is 4.88 Å². The second kappa shape index (κ2) is 6.82. The Morgan fingerprint density at radius 3 is 2.59 bits per heavy atom. The summed E-state index contributed by atoms with van der Waals surface area (Å²) >= 11 is 7.61. The molecular weight excluding hydrogens is 318 g/mol. The predicted octanol–water partition coefficient (Wildman–Crippen LogP) is 3.88. The number of nitrogens with one attached hydrogen (secondary N) is 1. The van der Waals surface area contributed by atoms with Gasteiger partial charge in [-0.15, -0.1) is 11.3 Å². The van der Waals surface area contributed by atoms with E-state index in [2.05, 4.69) is 22.8 Å². The monoisotopic (exact) mass is 335 g/mol. The van der Waals surface area contributed by atoms with E-state index in [0.29, 0.717) is 17.1 Å². The SMILES string of the molecule is O=C(NCC1(c2cccs2)CCOCC1)c1ccc(Cl)cc1. The van der Waals surface area contributed by atoms with Gasteiger partial charge in [0, 0.05) is 40.6 Å². The lowest BCUT2D eigenvalue weighted by atomic mass is 9.78.